The van der Waals surface area contributed by atoms with Gasteiger partial charge in [0.1, 0.15) is 5.69 Å². The Bertz CT molecular complexity index is 477. The van der Waals surface area contributed by atoms with Crippen LogP contribution in [-0.4, -0.2) is 17.4 Å². The van der Waals surface area contributed by atoms with Gasteiger partial charge in [-0.15, -0.1) is 0 Å². The fourth-order valence-electron chi connectivity index (χ4n) is 1.54. The molecule has 2 rings (SSSR count). The lowest BCUT2D eigenvalue weighted by atomic mass is 10.1. The number of aromatic nitrogens is 1. The maximum atomic E-state index is 12.3. The van der Waals surface area contributed by atoms with E-state index >= 15 is 0 Å². The van der Waals surface area contributed by atoms with Crippen LogP contribution < -0.4 is 0 Å². The average molecular weight is 257 g/mol. The number of allylic oxidation sites excluding steroid dienone is 2. The van der Waals surface area contributed by atoms with Crippen molar-refractivity contribution in [1.82, 2.24) is 4.98 Å². The Morgan fingerprint density at radius 1 is 1.33 bits per heavy atom. The molecular formula is C12H10F3NO2. The number of hydrogen-bond acceptors (Lipinski definition) is 3. The Morgan fingerprint density at radius 2 is 2.11 bits per heavy atom. The predicted octanol–water partition coefficient (Wildman–Crippen LogP) is 2.98. The van der Waals surface area contributed by atoms with E-state index in [0.717, 1.165) is 25.0 Å². The van der Waals surface area contributed by atoms with E-state index in [9.17, 15) is 18.0 Å². The van der Waals surface area contributed by atoms with Crippen molar-refractivity contribution in [3.05, 3.63) is 41.4 Å². The van der Waals surface area contributed by atoms with Crippen LogP contribution in [0.4, 0.5) is 13.2 Å². The Morgan fingerprint density at radius 3 is 2.61 bits per heavy atom. The molecule has 18 heavy (non-hydrogen) atoms. The van der Waals surface area contributed by atoms with E-state index in [1.807, 2.05) is 0 Å². The van der Waals surface area contributed by atoms with E-state index in [4.69, 9.17) is 4.74 Å². The molecule has 0 aliphatic carbocycles. The summed E-state index contributed by atoms with van der Waals surface area (Å²) in [5.74, 6) is -0.322. The molecule has 1 aromatic heterocycles. The lowest BCUT2D eigenvalue weighted by Crippen LogP contribution is -2.13. The minimum absolute atomic E-state index is 0.0452. The first-order valence-corrected chi connectivity index (χ1v) is 5.39. The summed E-state index contributed by atoms with van der Waals surface area (Å²) in [5, 5.41) is 0. The number of pyridine rings is 1. The van der Waals surface area contributed by atoms with E-state index in [-0.39, 0.29) is 11.5 Å². The molecule has 1 aliphatic rings. The van der Waals surface area contributed by atoms with Crippen LogP contribution in [0.15, 0.2) is 30.2 Å². The van der Waals surface area contributed by atoms with Crippen molar-refractivity contribution in [2.45, 2.75) is 19.0 Å². The Balaban J connectivity index is 2.19. The quantitative estimate of drug-likeness (QED) is 0.764. The molecule has 0 spiro atoms. The summed E-state index contributed by atoms with van der Waals surface area (Å²) in [6.45, 7) is 0.443. The summed E-state index contributed by atoms with van der Waals surface area (Å²) in [6.07, 6.45) is -0.615. The molecule has 2 heterocycles. The number of ketones is 1. The second-order valence-electron chi connectivity index (χ2n) is 3.82. The van der Waals surface area contributed by atoms with Crippen LogP contribution in [0.2, 0.25) is 0 Å². The Kier molecular flexibility index (Phi) is 3.36. The normalized spacial score (nSPS) is 15.8. The van der Waals surface area contributed by atoms with Crippen LogP contribution in [0.25, 0.3) is 0 Å². The molecule has 0 atom stereocenters. The molecule has 0 saturated heterocycles. The summed E-state index contributed by atoms with van der Waals surface area (Å²) >= 11 is 0. The van der Waals surface area contributed by atoms with E-state index in [0.29, 0.717) is 12.8 Å². The van der Waals surface area contributed by atoms with E-state index in [2.05, 4.69) is 4.98 Å². The predicted molar refractivity (Wildman–Crippen MR) is 56.8 cm³/mol. The van der Waals surface area contributed by atoms with Crippen LogP contribution in [-0.2, 0) is 10.9 Å². The zero-order valence-electron chi connectivity index (χ0n) is 9.33. The van der Waals surface area contributed by atoms with Crippen molar-refractivity contribution in [2.24, 2.45) is 0 Å². The van der Waals surface area contributed by atoms with Crippen molar-refractivity contribution in [3.8, 4) is 0 Å². The smallest absolute Gasteiger partial charge is 0.417 e. The van der Waals surface area contributed by atoms with E-state index in [1.165, 1.54) is 0 Å². The number of carbonyl (C=O) groups is 1. The number of Topliss-reactive ketones (excluding diaryl/α,β-unsaturated/α-hetero) is 1. The van der Waals surface area contributed by atoms with Crippen molar-refractivity contribution in [3.63, 3.8) is 0 Å². The molecule has 0 N–H and O–H groups in total. The van der Waals surface area contributed by atoms with Crippen LogP contribution in [0, 0.1) is 0 Å². The van der Waals surface area contributed by atoms with Crippen molar-refractivity contribution >= 4 is 5.78 Å². The molecule has 0 unspecified atom stereocenters. The lowest BCUT2D eigenvalue weighted by Gasteiger charge is -2.13. The molecule has 0 radical (unpaired) electrons. The monoisotopic (exact) mass is 257 g/mol. The number of nitrogens with zero attached hydrogens (tertiary/aromatic N) is 1. The molecule has 0 aromatic carbocycles. The van der Waals surface area contributed by atoms with Crippen molar-refractivity contribution < 1.29 is 22.7 Å². The summed E-state index contributed by atoms with van der Waals surface area (Å²) in [7, 11) is 0. The number of alkyl halides is 3. The third-order valence-corrected chi connectivity index (χ3v) is 2.48. The summed E-state index contributed by atoms with van der Waals surface area (Å²) in [5.41, 5.74) is -0.922. The van der Waals surface area contributed by atoms with Gasteiger partial charge in [0.15, 0.2) is 5.76 Å². The molecule has 1 aliphatic heterocycles. The van der Waals surface area contributed by atoms with Crippen molar-refractivity contribution in [1.29, 1.82) is 0 Å². The second kappa shape index (κ2) is 4.80. The number of rotatable bonds is 2. The highest BCUT2D eigenvalue weighted by Gasteiger charge is 2.31. The molecule has 0 bridgehead atoms. The topological polar surface area (TPSA) is 39.2 Å². The van der Waals surface area contributed by atoms with Gasteiger partial charge in [0, 0.05) is 6.20 Å². The van der Waals surface area contributed by atoms with E-state index < -0.39 is 17.5 Å². The molecule has 0 amide bonds. The highest BCUT2D eigenvalue weighted by atomic mass is 19.4. The van der Waals surface area contributed by atoms with Crippen LogP contribution in [0.5, 0.6) is 0 Å². The van der Waals surface area contributed by atoms with Gasteiger partial charge in [-0.2, -0.15) is 13.2 Å². The molecule has 6 heteroatoms. The molecule has 1 aromatic rings. The SMILES string of the molecule is O=C(C1=CCCCO1)c1ccc(C(F)(F)F)cn1. The lowest BCUT2D eigenvalue weighted by molar-refractivity contribution is -0.137. The van der Waals surface area contributed by atoms with E-state index in [1.54, 1.807) is 6.08 Å². The largest absolute Gasteiger partial charge is 0.490 e. The number of ether oxygens (including phenoxy) is 1. The fraction of sp³-hybridized carbons (Fsp3) is 0.333. The first-order valence-electron chi connectivity index (χ1n) is 5.39. The van der Waals surface area contributed by atoms with Crippen LogP contribution in [0.1, 0.15) is 28.9 Å². The number of carbonyl (C=O) groups excluding carboxylic acids is 1. The molecule has 0 saturated carbocycles. The van der Waals surface area contributed by atoms with Gasteiger partial charge in [-0.3, -0.25) is 9.78 Å². The van der Waals surface area contributed by atoms with Crippen molar-refractivity contribution in [2.75, 3.05) is 6.61 Å². The van der Waals surface area contributed by atoms with Gasteiger partial charge in [0.25, 0.3) is 0 Å². The molecule has 96 valence electrons. The Labute approximate surface area is 101 Å². The highest BCUT2D eigenvalue weighted by molar-refractivity contribution is 6.05. The maximum Gasteiger partial charge on any atom is 0.417 e. The molecule has 3 nitrogen and oxygen atoms in total. The zero-order chi connectivity index (χ0) is 13.2. The van der Waals surface area contributed by atoms with Gasteiger partial charge >= 0.3 is 6.18 Å². The summed E-state index contributed by atoms with van der Waals surface area (Å²) in [4.78, 5) is 15.4. The standard InChI is InChI=1S/C12H10F3NO2/c13-12(14,15)8-4-5-9(16-7-8)11(17)10-3-1-2-6-18-10/h3-5,7H,1-2,6H2. The number of hydrogen-bond donors (Lipinski definition) is 0. The molecule has 0 fully saturated rings. The minimum Gasteiger partial charge on any atom is -0.490 e. The zero-order valence-corrected chi connectivity index (χ0v) is 9.33. The second-order valence-corrected chi connectivity index (χ2v) is 3.82. The number of halogens is 3. The minimum atomic E-state index is -4.45. The fourth-order valence-corrected chi connectivity index (χ4v) is 1.54. The highest BCUT2D eigenvalue weighted by Crippen LogP contribution is 2.28. The van der Waals surface area contributed by atoms with Gasteiger partial charge in [-0.25, -0.2) is 0 Å². The summed E-state index contributed by atoms with van der Waals surface area (Å²) < 4.78 is 42.1. The molecular weight excluding hydrogens is 247 g/mol. The van der Waals surface area contributed by atoms with Gasteiger partial charge in [0.05, 0.1) is 12.2 Å². The third kappa shape index (κ3) is 2.69. The van der Waals surface area contributed by atoms with Gasteiger partial charge in [-0.05, 0) is 31.1 Å². The van der Waals surface area contributed by atoms with Gasteiger partial charge in [0.2, 0.25) is 5.78 Å². The van der Waals surface area contributed by atoms with Gasteiger partial charge < -0.3 is 4.74 Å². The average Bonchev–Trinajstić information content (AvgIpc) is 2.38. The maximum absolute atomic E-state index is 12.3. The van der Waals surface area contributed by atoms with Crippen LogP contribution >= 0.6 is 0 Å². The third-order valence-electron chi connectivity index (χ3n) is 2.48. The first-order chi connectivity index (χ1) is 8.48. The van der Waals surface area contributed by atoms with Crippen LogP contribution in [0.3, 0.4) is 0 Å². The first kappa shape index (κ1) is 12.6. The Hall–Kier alpha value is -1.85. The summed E-state index contributed by atoms with van der Waals surface area (Å²) in [6, 6.07) is 1.90. The van der Waals surface area contributed by atoms with Gasteiger partial charge in [-0.1, -0.05) is 0 Å².